The fourth-order valence-electron chi connectivity index (χ4n) is 1.60. The van der Waals surface area contributed by atoms with Crippen molar-refractivity contribution in [3.05, 3.63) is 11.6 Å². The van der Waals surface area contributed by atoms with Gasteiger partial charge in [0.2, 0.25) is 0 Å². The Morgan fingerprint density at radius 3 is 2.81 bits per heavy atom. The van der Waals surface area contributed by atoms with Crippen molar-refractivity contribution >= 4 is 17.7 Å². The van der Waals surface area contributed by atoms with Gasteiger partial charge >= 0.3 is 5.97 Å². The third-order valence-corrected chi connectivity index (χ3v) is 4.30. The van der Waals surface area contributed by atoms with Crippen LogP contribution in [0.25, 0.3) is 0 Å². The van der Waals surface area contributed by atoms with E-state index in [1.807, 2.05) is 17.8 Å². The van der Waals surface area contributed by atoms with E-state index in [2.05, 4.69) is 18.7 Å². The molecule has 0 aromatic carbocycles. The van der Waals surface area contributed by atoms with E-state index in [0.717, 1.165) is 31.8 Å². The lowest BCUT2D eigenvalue weighted by atomic mass is 10.1. The first-order valence-corrected chi connectivity index (χ1v) is 6.66. The molecule has 0 aromatic rings. The van der Waals surface area contributed by atoms with Crippen LogP contribution >= 0.6 is 11.8 Å². The highest BCUT2D eigenvalue weighted by molar-refractivity contribution is 8.00. The van der Waals surface area contributed by atoms with Crippen molar-refractivity contribution in [2.45, 2.75) is 31.9 Å². The molecule has 0 amide bonds. The molecular weight excluding hydrogens is 222 g/mol. The van der Waals surface area contributed by atoms with Crippen LogP contribution in [0.1, 0.15) is 27.2 Å². The van der Waals surface area contributed by atoms with Crippen LogP contribution in [0, 0.1) is 0 Å². The SMILES string of the molecule is CC(=CCN1CCSC(C)(C)CC1)C(=O)O. The second-order valence-electron chi connectivity index (χ2n) is 4.85. The number of nitrogens with zero attached hydrogens (tertiary/aromatic N) is 1. The molecule has 1 saturated heterocycles. The summed E-state index contributed by atoms with van der Waals surface area (Å²) in [5.74, 6) is 0.317. The molecule has 0 aromatic heterocycles. The molecule has 1 aliphatic rings. The molecule has 16 heavy (non-hydrogen) atoms. The largest absolute Gasteiger partial charge is 0.478 e. The maximum Gasteiger partial charge on any atom is 0.330 e. The molecule has 1 fully saturated rings. The lowest BCUT2D eigenvalue weighted by Crippen LogP contribution is -2.27. The number of thioether (sulfide) groups is 1. The van der Waals surface area contributed by atoms with Gasteiger partial charge in [-0.2, -0.15) is 11.8 Å². The molecular formula is C12H21NO2S. The molecule has 0 aliphatic carbocycles. The molecule has 92 valence electrons. The van der Waals surface area contributed by atoms with Gasteiger partial charge < -0.3 is 5.11 Å². The average molecular weight is 243 g/mol. The van der Waals surface area contributed by atoms with Gasteiger partial charge in [0.15, 0.2) is 0 Å². The Labute approximate surface area is 102 Å². The number of carbonyl (C=O) groups is 1. The van der Waals surface area contributed by atoms with Gasteiger partial charge in [0.25, 0.3) is 0 Å². The van der Waals surface area contributed by atoms with Crippen molar-refractivity contribution in [1.29, 1.82) is 0 Å². The van der Waals surface area contributed by atoms with E-state index in [1.54, 1.807) is 6.92 Å². The third kappa shape index (κ3) is 4.58. The molecule has 1 rings (SSSR count). The second-order valence-corrected chi connectivity index (χ2v) is 6.65. The van der Waals surface area contributed by atoms with Crippen molar-refractivity contribution in [3.8, 4) is 0 Å². The van der Waals surface area contributed by atoms with Gasteiger partial charge in [-0.25, -0.2) is 4.79 Å². The van der Waals surface area contributed by atoms with Gasteiger partial charge in [-0.3, -0.25) is 4.90 Å². The predicted molar refractivity (Wildman–Crippen MR) is 69.0 cm³/mol. The highest BCUT2D eigenvalue weighted by atomic mass is 32.2. The summed E-state index contributed by atoms with van der Waals surface area (Å²) in [4.78, 5) is 13.0. The zero-order valence-corrected chi connectivity index (χ0v) is 11.1. The average Bonchev–Trinajstić information content (AvgIpc) is 2.36. The first kappa shape index (κ1) is 13.6. The molecule has 1 heterocycles. The smallest absolute Gasteiger partial charge is 0.330 e. The monoisotopic (exact) mass is 243 g/mol. The van der Waals surface area contributed by atoms with Crippen molar-refractivity contribution in [2.24, 2.45) is 0 Å². The Balaban J connectivity index is 2.45. The van der Waals surface area contributed by atoms with Crippen molar-refractivity contribution < 1.29 is 9.90 Å². The summed E-state index contributed by atoms with van der Waals surface area (Å²) in [6, 6.07) is 0. The van der Waals surface area contributed by atoms with Crippen molar-refractivity contribution in [2.75, 3.05) is 25.4 Å². The van der Waals surface area contributed by atoms with Gasteiger partial charge in [-0.1, -0.05) is 19.9 Å². The summed E-state index contributed by atoms with van der Waals surface area (Å²) in [6.45, 7) is 9.08. The standard InChI is InChI=1S/C12H21NO2S/c1-10(11(14)15)4-6-13-7-5-12(2,3)16-9-8-13/h4H,5-9H2,1-3H3,(H,14,15). The van der Waals surface area contributed by atoms with Gasteiger partial charge in [0.1, 0.15) is 0 Å². The summed E-state index contributed by atoms with van der Waals surface area (Å²) < 4.78 is 0.361. The van der Waals surface area contributed by atoms with E-state index in [1.165, 1.54) is 0 Å². The van der Waals surface area contributed by atoms with Crippen molar-refractivity contribution in [1.82, 2.24) is 4.90 Å². The number of hydrogen-bond donors (Lipinski definition) is 1. The minimum atomic E-state index is -0.815. The first-order valence-electron chi connectivity index (χ1n) is 5.67. The number of aliphatic carboxylic acids is 1. The fourth-order valence-corrected chi connectivity index (χ4v) is 2.74. The Hall–Kier alpha value is -0.480. The maximum absolute atomic E-state index is 10.7. The van der Waals surface area contributed by atoms with E-state index in [9.17, 15) is 4.79 Å². The topological polar surface area (TPSA) is 40.5 Å². The Morgan fingerprint density at radius 2 is 2.19 bits per heavy atom. The van der Waals surface area contributed by atoms with Crippen LogP contribution in [0.4, 0.5) is 0 Å². The van der Waals surface area contributed by atoms with Crippen LogP contribution in [0.15, 0.2) is 11.6 Å². The lowest BCUT2D eigenvalue weighted by Gasteiger charge is -2.21. The van der Waals surface area contributed by atoms with Gasteiger partial charge in [0.05, 0.1) is 0 Å². The summed E-state index contributed by atoms with van der Waals surface area (Å²) in [5, 5.41) is 8.76. The Kier molecular flexibility index (Phi) is 4.87. The van der Waals surface area contributed by atoms with Gasteiger partial charge in [-0.15, -0.1) is 0 Å². The Morgan fingerprint density at radius 1 is 1.50 bits per heavy atom. The summed E-state index contributed by atoms with van der Waals surface area (Å²) in [7, 11) is 0. The molecule has 0 bridgehead atoms. The first-order chi connectivity index (χ1) is 7.41. The van der Waals surface area contributed by atoms with Crippen molar-refractivity contribution in [3.63, 3.8) is 0 Å². The van der Waals surface area contributed by atoms with Crippen LogP contribution in [0.5, 0.6) is 0 Å². The summed E-state index contributed by atoms with van der Waals surface area (Å²) in [6.07, 6.45) is 2.98. The second kappa shape index (κ2) is 5.73. The lowest BCUT2D eigenvalue weighted by molar-refractivity contribution is -0.132. The van der Waals surface area contributed by atoms with Gasteiger partial charge in [-0.05, 0) is 19.9 Å². The molecule has 1 aliphatic heterocycles. The zero-order valence-electron chi connectivity index (χ0n) is 10.3. The molecule has 3 nitrogen and oxygen atoms in total. The molecule has 0 atom stereocenters. The van der Waals surface area contributed by atoms with Crippen LogP contribution in [-0.2, 0) is 4.79 Å². The predicted octanol–water partition coefficient (Wildman–Crippen LogP) is 2.23. The third-order valence-electron chi connectivity index (χ3n) is 2.92. The zero-order chi connectivity index (χ0) is 12.2. The normalized spacial score (nSPS) is 22.8. The van der Waals surface area contributed by atoms with E-state index < -0.39 is 5.97 Å². The van der Waals surface area contributed by atoms with Crippen LogP contribution in [-0.4, -0.2) is 46.1 Å². The van der Waals surface area contributed by atoms with Crippen LogP contribution in [0.3, 0.4) is 0 Å². The quantitative estimate of drug-likeness (QED) is 0.772. The van der Waals surface area contributed by atoms with E-state index in [4.69, 9.17) is 5.11 Å². The molecule has 0 saturated carbocycles. The van der Waals surface area contributed by atoms with E-state index >= 15 is 0 Å². The summed E-state index contributed by atoms with van der Waals surface area (Å²) in [5.41, 5.74) is 0.441. The van der Waals surface area contributed by atoms with Crippen LogP contribution < -0.4 is 0 Å². The van der Waals surface area contributed by atoms with E-state index in [-0.39, 0.29) is 0 Å². The molecule has 4 heteroatoms. The molecule has 1 N–H and O–H groups in total. The van der Waals surface area contributed by atoms with E-state index in [0.29, 0.717) is 10.3 Å². The summed E-state index contributed by atoms with van der Waals surface area (Å²) >= 11 is 2.01. The molecule has 0 radical (unpaired) electrons. The Bertz CT molecular complexity index is 287. The molecule has 0 spiro atoms. The number of rotatable bonds is 3. The highest BCUT2D eigenvalue weighted by Gasteiger charge is 2.23. The van der Waals surface area contributed by atoms with Crippen LogP contribution in [0.2, 0.25) is 0 Å². The number of hydrogen-bond acceptors (Lipinski definition) is 3. The maximum atomic E-state index is 10.7. The number of carboxylic acids is 1. The molecule has 0 unspecified atom stereocenters. The van der Waals surface area contributed by atoms with Gasteiger partial charge in [0, 0.05) is 29.2 Å². The highest BCUT2D eigenvalue weighted by Crippen LogP contribution is 2.30. The minimum absolute atomic E-state index is 0.361. The fraction of sp³-hybridized carbons (Fsp3) is 0.750. The number of carboxylic acid groups (broad SMARTS) is 1. The minimum Gasteiger partial charge on any atom is -0.478 e.